The second-order valence-corrected chi connectivity index (χ2v) is 6.39. The van der Waals surface area contributed by atoms with Crippen LogP contribution in [0.5, 0.6) is 0 Å². The molecule has 1 heterocycles. The third-order valence-electron chi connectivity index (χ3n) is 3.05. The van der Waals surface area contributed by atoms with Gasteiger partial charge in [0.2, 0.25) is 10.0 Å². The number of sulfonamides is 1. The first-order valence-electron chi connectivity index (χ1n) is 6.15. The third kappa shape index (κ3) is 3.15. The SMILES string of the molecule is Cc1cc(N)c(C)c(S(=O)(=O)NCc2ccncc2)c1. The van der Waals surface area contributed by atoms with Crippen LogP contribution in [0.2, 0.25) is 0 Å². The maximum absolute atomic E-state index is 12.3. The lowest BCUT2D eigenvalue weighted by Crippen LogP contribution is -2.24. The highest BCUT2D eigenvalue weighted by molar-refractivity contribution is 7.89. The van der Waals surface area contributed by atoms with E-state index in [1.165, 1.54) is 0 Å². The van der Waals surface area contributed by atoms with Crippen LogP contribution in [-0.4, -0.2) is 13.4 Å². The van der Waals surface area contributed by atoms with E-state index in [1.807, 2.05) is 6.92 Å². The number of nitrogens with zero attached hydrogens (tertiary/aromatic N) is 1. The number of hydrogen-bond donors (Lipinski definition) is 2. The zero-order valence-electron chi connectivity index (χ0n) is 11.4. The summed E-state index contributed by atoms with van der Waals surface area (Å²) in [5, 5.41) is 0. The Morgan fingerprint density at radius 3 is 2.50 bits per heavy atom. The van der Waals surface area contributed by atoms with Crippen LogP contribution in [0.15, 0.2) is 41.6 Å². The van der Waals surface area contributed by atoms with Crippen molar-refractivity contribution in [3.8, 4) is 0 Å². The number of benzene rings is 1. The van der Waals surface area contributed by atoms with E-state index in [1.54, 1.807) is 43.6 Å². The van der Waals surface area contributed by atoms with Gasteiger partial charge in [-0.25, -0.2) is 13.1 Å². The number of nitrogens with two attached hydrogens (primary N) is 1. The Hall–Kier alpha value is -1.92. The van der Waals surface area contributed by atoms with E-state index in [9.17, 15) is 8.42 Å². The van der Waals surface area contributed by atoms with Gasteiger partial charge in [-0.05, 0) is 54.8 Å². The molecule has 0 spiro atoms. The van der Waals surface area contributed by atoms with Crippen LogP contribution in [-0.2, 0) is 16.6 Å². The third-order valence-corrected chi connectivity index (χ3v) is 4.58. The summed E-state index contributed by atoms with van der Waals surface area (Å²) in [6.07, 6.45) is 3.25. The van der Waals surface area contributed by atoms with Crippen molar-refractivity contribution in [1.82, 2.24) is 9.71 Å². The molecule has 2 aromatic rings. The van der Waals surface area contributed by atoms with E-state index in [0.717, 1.165) is 11.1 Å². The van der Waals surface area contributed by atoms with E-state index < -0.39 is 10.0 Å². The van der Waals surface area contributed by atoms with Crippen molar-refractivity contribution in [2.45, 2.75) is 25.3 Å². The first-order chi connectivity index (χ1) is 9.40. The van der Waals surface area contributed by atoms with Gasteiger partial charge in [0.25, 0.3) is 0 Å². The zero-order valence-corrected chi connectivity index (χ0v) is 12.2. The van der Waals surface area contributed by atoms with Gasteiger partial charge in [-0.3, -0.25) is 4.98 Å². The van der Waals surface area contributed by atoms with Gasteiger partial charge in [0.15, 0.2) is 0 Å². The van der Waals surface area contributed by atoms with Gasteiger partial charge in [0.05, 0.1) is 4.90 Å². The standard InChI is InChI=1S/C14H17N3O2S/c1-10-7-13(15)11(2)14(8-10)20(18,19)17-9-12-3-5-16-6-4-12/h3-8,17H,9,15H2,1-2H3. The summed E-state index contributed by atoms with van der Waals surface area (Å²) in [4.78, 5) is 4.12. The quantitative estimate of drug-likeness (QED) is 0.841. The number of rotatable bonds is 4. The molecule has 0 radical (unpaired) electrons. The summed E-state index contributed by atoms with van der Waals surface area (Å²) < 4.78 is 27.3. The number of pyridine rings is 1. The molecule has 0 aliphatic heterocycles. The van der Waals surface area contributed by atoms with Crippen LogP contribution in [0.25, 0.3) is 0 Å². The molecule has 0 saturated carbocycles. The van der Waals surface area contributed by atoms with Crippen LogP contribution in [0, 0.1) is 13.8 Å². The summed E-state index contributed by atoms with van der Waals surface area (Å²) in [5.41, 5.74) is 8.54. The van der Waals surface area contributed by atoms with Crippen LogP contribution >= 0.6 is 0 Å². The molecule has 6 heteroatoms. The fourth-order valence-corrected chi connectivity index (χ4v) is 3.26. The molecule has 0 amide bonds. The lowest BCUT2D eigenvalue weighted by molar-refractivity contribution is 0.580. The smallest absolute Gasteiger partial charge is 0.241 e. The van der Waals surface area contributed by atoms with Gasteiger partial charge in [-0.1, -0.05) is 0 Å². The van der Waals surface area contributed by atoms with Gasteiger partial charge < -0.3 is 5.73 Å². The van der Waals surface area contributed by atoms with E-state index in [-0.39, 0.29) is 11.4 Å². The largest absolute Gasteiger partial charge is 0.398 e. The number of nitrogens with one attached hydrogen (secondary N) is 1. The van der Waals surface area contributed by atoms with Crippen molar-refractivity contribution in [2.24, 2.45) is 0 Å². The molecule has 0 aliphatic rings. The molecule has 0 saturated heterocycles. The summed E-state index contributed by atoms with van der Waals surface area (Å²) in [6.45, 7) is 3.74. The second kappa shape index (κ2) is 5.60. The molecule has 1 aromatic carbocycles. The van der Waals surface area contributed by atoms with E-state index in [2.05, 4.69) is 9.71 Å². The van der Waals surface area contributed by atoms with Gasteiger partial charge >= 0.3 is 0 Å². The number of anilines is 1. The molecule has 0 fully saturated rings. The average molecular weight is 291 g/mol. The minimum absolute atomic E-state index is 0.220. The van der Waals surface area contributed by atoms with Crippen molar-refractivity contribution in [1.29, 1.82) is 0 Å². The highest BCUT2D eigenvalue weighted by Gasteiger charge is 2.18. The van der Waals surface area contributed by atoms with Crippen molar-refractivity contribution in [3.63, 3.8) is 0 Å². The number of aromatic nitrogens is 1. The topological polar surface area (TPSA) is 85.1 Å². The Balaban J connectivity index is 2.27. The van der Waals surface area contributed by atoms with Crippen LogP contribution < -0.4 is 10.5 Å². The number of nitrogen functional groups attached to an aromatic ring is 1. The fourth-order valence-electron chi connectivity index (χ4n) is 1.89. The second-order valence-electron chi connectivity index (χ2n) is 4.66. The van der Waals surface area contributed by atoms with Crippen molar-refractivity contribution in [2.75, 3.05) is 5.73 Å². The highest BCUT2D eigenvalue weighted by atomic mass is 32.2. The average Bonchev–Trinajstić information content (AvgIpc) is 2.42. The molecular weight excluding hydrogens is 274 g/mol. The number of aryl methyl sites for hydroxylation is 1. The molecular formula is C14H17N3O2S. The molecule has 3 N–H and O–H groups in total. The molecule has 0 aliphatic carbocycles. The predicted molar refractivity (Wildman–Crippen MR) is 78.6 cm³/mol. The van der Waals surface area contributed by atoms with E-state index >= 15 is 0 Å². The van der Waals surface area contributed by atoms with Crippen LogP contribution in [0.1, 0.15) is 16.7 Å². The lowest BCUT2D eigenvalue weighted by Gasteiger charge is -2.12. The maximum Gasteiger partial charge on any atom is 0.241 e. The molecule has 0 atom stereocenters. The summed E-state index contributed by atoms with van der Waals surface area (Å²) in [6, 6.07) is 6.91. The van der Waals surface area contributed by atoms with Crippen molar-refractivity contribution >= 4 is 15.7 Å². The summed E-state index contributed by atoms with van der Waals surface area (Å²) in [7, 11) is -3.58. The molecule has 2 rings (SSSR count). The van der Waals surface area contributed by atoms with Crippen molar-refractivity contribution < 1.29 is 8.42 Å². The van der Waals surface area contributed by atoms with Gasteiger partial charge in [0.1, 0.15) is 0 Å². The number of hydrogen-bond acceptors (Lipinski definition) is 4. The highest BCUT2D eigenvalue weighted by Crippen LogP contribution is 2.23. The minimum atomic E-state index is -3.58. The molecule has 5 nitrogen and oxygen atoms in total. The van der Waals surface area contributed by atoms with Gasteiger partial charge in [-0.15, -0.1) is 0 Å². The Morgan fingerprint density at radius 2 is 1.85 bits per heavy atom. The van der Waals surface area contributed by atoms with Gasteiger partial charge in [-0.2, -0.15) is 0 Å². The Kier molecular flexibility index (Phi) is 4.06. The van der Waals surface area contributed by atoms with Gasteiger partial charge in [0, 0.05) is 24.6 Å². The Morgan fingerprint density at radius 1 is 1.20 bits per heavy atom. The van der Waals surface area contributed by atoms with Crippen LogP contribution in [0.4, 0.5) is 5.69 Å². The summed E-state index contributed by atoms with van der Waals surface area (Å²) in [5.74, 6) is 0. The monoisotopic (exact) mass is 291 g/mol. The molecule has 0 unspecified atom stereocenters. The zero-order chi connectivity index (χ0) is 14.8. The molecule has 20 heavy (non-hydrogen) atoms. The lowest BCUT2D eigenvalue weighted by atomic mass is 10.1. The Bertz CT molecular complexity index is 713. The molecule has 106 valence electrons. The minimum Gasteiger partial charge on any atom is -0.398 e. The Labute approximate surface area is 118 Å². The van der Waals surface area contributed by atoms with Crippen molar-refractivity contribution in [3.05, 3.63) is 53.3 Å². The molecule has 1 aromatic heterocycles. The first kappa shape index (κ1) is 14.5. The first-order valence-corrected chi connectivity index (χ1v) is 7.64. The van der Waals surface area contributed by atoms with E-state index in [0.29, 0.717) is 11.3 Å². The maximum atomic E-state index is 12.3. The molecule has 0 bridgehead atoms. The van der Waals surface area contributed by atoms with Crippen LogP contribution in [0.3, 0.4) is 0 Å². The van der Waals surface area contributed by atoms with E-state index in [4.69, 9.17) is 5.73 Å². The fraction of sp³-hybridized carbons (Fsp3) is 0.214. The summed E-state index contributed by atoms with van der Waals surface area (Å²) >= 11 is 0. The normalized spacial score (nSPS) is 11.5. The predicted octanol–water partition coefficient (Wildman–Crippen LogP) is 1.76.